The molecule has 9 heteroatoms. The zero-order chi connectivity index (χ0) is 28.2. The van der Waals surface area contributed by atoms with Crippen LogP contribution in [-0.4, -0.2) is 29.1 Å². The van der Waals surface area contributed by atoms with Gasteiger partial charge in [0.2, 0.25) is 0 Å². The minimum Gasteiger partial charge on any atom is -0.360 e. The maximum Gasteiger partial charge on any atom is 0.261 e. The van der Waals surface area contributed by atoms with Crippen LogP contribution in [0.5, 0.6) is 0 Å². The van der Waals surface area contributed by atoms with Gasteiger partial charge in [-0.15, -0.1) is 0 Å². The number of carbonyl (C=O) groups excluding carboxylic acids is 2. The number of rotatable bonds is 7. The molecule has 0 atom stereocenters. The number of carbonyl (C=O) groups is 2. The zero-order valence-electron chi connectivity index (χ0n) is 22.7. The summed E-state index contributed by atoms with van der Waals surface area (Å²) in [5.74, 6) is 1.27. The van der Waals surface area contributed by atoms with Gasteiger partial charge in [0.1, 0.15) is 17.0 Å². The Kier molecular flexibility index (Phi) is 9.13. The molecule has 212 valence electrons. The maximum atomic E-state index is 13.3. The first-order valence-electron chi connectivity index (χ1n) is 14.2. The normalized spacial score (nSPS) is 23.0. The molecule has 0 unspecified atom stereocenters. The molecule has 0 radical (unpaired) electrons. The molecule has 0 spiro atoms. The molecule has 3 aromatic rings. The second-order valence-electron chi connectivity index (χ2n) is 11.3. The van der Waals surface area contributed by atoms with E-state index in [4.69, 9.17) is 33.5 Å². The van der Waals surface area contributed by atoms with Gasteiger partial charge in [0.15, 0.2) is 0 Å². The maximum absolute atomic E-state index is 13.3. The molecule has 0 saturated heterocycles. The third-order valence-corrected chi connectivity index (χ3v) is 9.09. The number of hydrogen-bond donors (Lipinski definition) is 3. The van der Waals surface area contributed by atoms with Crippen LogP contribution in [0, 0.1) is 18.8 Å². The van der Waals surface area contributed by atoms with Crippen LogP contribution in [0.2, 0.25) is 10.0 Å². The lowest BCUT2D eigenvalue weighted by atomic mass is 9.76. The molecular formula is C31H36Cl2N4O3. The highest BCUT2D eigenvalue weighted by Gasteiger charge is 2.28. The summed E-state index contributed by atoms with van der Waals surface area (Å²) in [6.07, 6.45) is 10.4. The number of amides is 2. The predicted octanol–water partition coefficient (Wildman–Crippen LogP) is 7.41. The number of nitrogens with two attached hydrogens (primary N) is 1. The number of aryl methyl sites for hydroxylation is 1. The molecule has 2 aliphatic carbocycles. The molecule has 0 aliphatic heterocycles. The van der Waals surface area contributed by atoms with Crippen molar-refractivity contribution in [2.75, 3.05) is 5.32 Å². The highest BCUT2D eigenvalue weighted by atomic mass is 35.5. The number of anilines is 1. The zero-order valence-corrected chi connectivity index (χ0v) is 24.2. The monoisotopic (exact) mass is 582 g/mol. The summed E-state index contributed by atoms with van der Waals surface area (Å²) in [6, 6.07) is 12.5. The van der Waals surface area contributed by atoms with Crippen molar-refractivity contribution in [2.24, 2.45) is 17.6 Å². The standard InChI is InChI=1S/C31H36Cl2N4O3/c1-18-28(29(37-40-18)24-4-2-3-5-25(24)32)31(39)36-27-17-21(10-15-26(27)33)30(38)35-23-13-8-20(9-14-23)16-19-6-11-22(34)12-7-19/h2-5,10,15,17,19-20,22-23H,6-9,11-14,16,34H2,1H3,(H,35,38)(H,36,39). The average Bonchev–Trinajstić information content (AvgIpc) is 3.33. The van der Waals surface area contributed by atoms with Crippen LogP contribution in [0.3, 0.4) is 0 Å². The summed E-state index contributed by atoms with van der Waals surface area (Å²) in [5, 5.41) is 10.9. The first-order chi connectivity index (χ1) is 19.3. The Morgan fingerprint density at radius 1 is 0.925 bits per heavy atom. The number of hydrogen-bond acceptors (Lipinski definition) is 5. The van der Waals surface area contributed by atoms with Crippen molar-refractivity contribution in [1.82, 2.24) is 10.5 Å². The fourth-order valence-corrected chi connectivity index (χ4v) is 6.52. The van der Waals surface area contributed by atoms with Gasteiger partial charge in [0.25, 0.3) is 11.8 Å². The third-order valence-electron chi connectivity index (χ3n) is 8.44. The van der Waals surface area contributed by atoms with E-state index in [1.54, 1.807) is 43.3 Å². The van der Waals surface area contributed by atoms with Gasteiger partial charge < -0.3 is 20.9 Å². The second kappa shape index (κ2) is 12.8. The molecule has 4 N–H and O–H groups in total. The lowest BCUT2D eigenvalue weighted by Crippen LogP contribution is -2.38. The van der Waals surface area contributed by atoms with E-state index in [0.717, 1.165) is 50.4 Å². The third kappa shape index (κ3) is 6.70. The van der Waals surface area contributed by atoms with Gasteiger partial charge in [0, 0.05) is 23.2 Å². The van der Waals surface area contributed by atoms with Gasteiger partial charge in [-0.2, -0.15) is 0 Å². The van der Waals surface area contributed by atoms with Crippen molar-refractivity contribution in [2.45, 2.75) is 76.8 Å². The SMILES string of the molecule is Cc1onc(-c2ccccc2Cl)c1C(=O)Nc1cc(C(=O)NC2CCC(CC3CCC(N)CC3)CC2)ccc1Cl. The summed E-state index contributed by atoms with van der Waals surface area (Å²) in [6.45, 7) is 1.66. The molecule has 5 rings (SSSR count). The van der Waals surface area contributed by atoms with Gasteiger partial charge in [-0.05, 0) is 101 Å². The van der Waals surface area contributed by atoms with Crippen molar-refractivity contribution >= 4 is 40.7 Å². The largest absolute Gasteiger partial charge is 0.360 e. The van der Waals surface area contributed by atoms with E-state index in [9.17, 15) is 9.59 Å². The fourth-order valence-electron chi connectivity index (χ4n) is 6.13. The Bertz CT molecular complexity index is 1360. The molecule has 7 nitrogen and oxygen atoms in total. The molecule has 1 aromatic heterocycles. The first-order valence-corrected chi connectivity index (χ1v) is 14.9. The molecule has 2 amide bonds. The number of halogens is 2. The van der Waals surface area contributed by atoms with Crippen molar-refractivity contribution in [3.05, 3.63) is 69.4 Å². The molecule has 2 aromatic carbocycles. The van der Waals surface area contributed by atoms with Crippen molar-refractivity contribution < 1.29 is 14.1 Å². The van der Waals surface area contributed by atoms with Crippen LogP contribution in [0.4, 0.5) is 5.69 Å². The summed E-state index contributed by atoms with van der Waals surface area (Å²) < 4.78 is 5.32. The van der Waals surface area contributed by atoms with Gasteiger partial charge >= 0.3 is 0 Å². The summed E-state index contributed by atoms with van der Waals surface area (Å²) in [4.78, 5) is 26.5. The van der Waals surface area contributed by atoms with Crippen LogP contribution < -0.4 is 16.4 Å². The van der Waals surface area contributed by atoms with E-state index in [1.165, 1.54) is 19.3 Å². The molecule has 2 aliphatic rings. The van der Waals surface area contributed by atoms with Crippen LogP contribution in [0.1, 0.15) is 84.3 Å². The summed E-state index contributed by atoms with van der Waals surface area (Å²) in [5.41, 5.74) is 8.02. The van der Waals surface area contributed by atoms with Crippen LogP contribution in [0.15, 0.2) is 47.0 Å². The smallest absolute Gasteiger partial charge is 0.261 e. The van der Waals surface area contributed by atoms with Crippen LogP contribution >= 0.6 is 23.2 Å². The summed E-state index contributed by atoms with van der Waals surface area (Å²) >= 11 is 12.7. The number of aromatic nitrogens is 1. The van der Waals surface area contributed by atoms with Crippen molar-refractivity contribution in [3.8, 4) is 11.3 Å². The quantitative estimate of drug-likeness (QED) is 0.268. The Balaban J connectivity index is 1.20. The first kappa shape index (κ1) is 28.7. The molecular weight excluding hydrogens is 547 g/mol. The Morgan fingerprint density at radius 2 is 1.60 bits per heavy atom. The van der Waals surface area contributed by atoms with Gasteiger partial charge in [-0.3, -0.25) is 9.59 Å². The highest BCUT2D eigenvalue weighted by Crippen LogP contribution is 2.36. The molecule has 40 heavy (non-hydrogen) atoms. The molecule has 0 bridgehead atoms. The topological polar surface area (TPSA) is 110 Å². The Hall–Kier alpha value is -2.87. The molecule has 2 fully saturated rings. The number of nitrogens with zero attached hydrogens (tertiary/aromatic N) is 1. The van der Waals surface area contributed by atoms with Gasteiger partial charge in [0.05, 0.1) is 15.7 Å². The van der Waals surface area contributed by atoms with E-state index < -0.39 is 5.91 Å². The van der Waals surface area contributed by atoms with Crippen LogP contribution in [-0.2, 0) is 0 Å². The number of benzene rings is 2. The molecule has 1 heterocycles. The summed E-state index contributed by atoms with van der Waals surface area (Å²) in [7, 11) is 0. The minimum atomic E-state index is -0.452. The minimum absolute atomic E-state index is 0.148. The lowest BCUT2D eigenvalue weighted by molar-refractivity contribution is 0.0917. The van der Waals surface area contributed by atoms with E-state index in [2.05, 4.69) is 15.8 Å². The predicted molar refractivity (Wildman–Crippen MR) is 159 cm³/mol. The lowest BCUT2D eigenvalue weighted by Gasteiger charge is -2.33. The fraction of sp³-hybridized carbons (Fsp3) is 0.452. The van der Waals surface area contributed by atoms with Crippen LogP contribution in [0.25, 0.3) is 11.3 Å². The van der Waals surface area contributed by atoms with E-state index >= 15 is 0 Å². The molecule has 2 saturated carbocycles. The van der Waals surface area contributed by atoms with E-state index in [1.807, 2.05) is 6.07 Å². The van der Waals surface area contributed by atoms with Crippen molar-refractivity contribution in [1.29, 1.82) is 0 Å². The van der Waals surface area contributed by atoms with E-state index in [0.29, 0.717) is 44.4 Å². The Morgan fingerprint density at radius 3 is 2.30 bits per heavy atom. The van der Waals surface area contributed by atoms with E-state index in [-0.39, 0.29) is 17.5 Å². The van der Waals surface area contributed by atoms with Gasteiger partial charge in [-0.25, -0.2) is 0 Å². The van der Waals surface area contributed by atoms with Crippen molar-refractivity contribution in [3.63, 3.8) is 0 Å². The number of nitrogens with one attached hydrogen (secondary N) is 2. The Labute approximate surface area is 245 Å². The average molecular weight is 584 g/mol. The second-order valence-corrected chi connectivity index (χ2v) is 12.1. The van der Waals surface area contributed by atoms with Gasteiger partial charge in [-0.1, -0.05) is 46.6 Å². The highest BCUT2D eigenvalue weighted by molar-refractivity contribution is 6.34.